The number of thiophene rings is 1. The lowest BCUT2D eigenvalue weighted by atomic mass is 10.1. The largest absolute Gasteiger partial charge is 0.490 e. The van der Waals surface area contributed by atoms with Gasteiger partial charge in [0.25, 0.3) is 0 Å². The molecule has 0 spiro atoms. The van der Waals surface area contributed by atoms with Crippen molar-refractivity contribution >= 4 is 28.3 Å². The highest BCUT2D eigenvalue weighted by Crippen LogP contribution is 2.32. The summed E-state index contributed by atoms with van der Waals surface area (Å²) >= 11 is 1.38. The number of ether oxygens (including phenoxy) is 1. The van der Waals surface area contributed by atoms with E-state index in [0.717, 1.165) is 0 Å². The average Bonchev–Trinajstić information content (AvgIpc) is 3.01. The van der Waals surface area contributed by atoms with E-state index in [4.69, 9.17) is 10.5 Å². The molecular formula is C14H11N3O3S. The minimum atomic E-state index is -0.549. The third-order valence-corrected chi connectivity index (χ3v) is 3.72. The van der Waals surface area contributed by atoms with Crippen LogP contribution in [-0.2, 0) is 0 Å². The summed E-state index contributed by atoms with van der Waals surface area (Å²) in [5.74, 6) is 0.145. The zero-order chi connectivity index (χ0) is 15.4. The van der Waals surface area contributed by atoms with Gasteiger partial charge in [-0.15, -0.1) is 11.3 Å². The Hall–Kier alpha value is -2.85. The third-order valence-electron chi connectivity index (χ3n) is 2.84. The van der Waals surface area contributed by atoms with Gasteiger partial charge in [-0.2, -0.15) is 5.26 Å². The van der Waals surface area contributed by atoms with Gasteiger partial charge in [-0.1, -0.05) is 6.07 Å². The molecule has 0 aliphatic rings. The Kier molecular flexibility index (Phi) is 4.21. The van der Waals surface area contributed by atoms with Gasteiger partial charge in [0.15, 0.2) is 5.75 Å². The molecule has 21 heavy (non-hydrogen) atoms. The second-order valence-electron chi connectivity index (χ2n) is 4.02. The fourth-order valence-electron chi connectivity index (χ4n) is 1.81. The summed E-state index contributed by atoms with van der Waals surface area (Å²) in [6.07, 6.45) is 0. The van der Waals surface area contributed by atoms with Gasteiger partial charge in [0.05, 0.1) is 23.3 Å². The summed E-state index contributed by atoms with van der Waals surface area (Å²) in [4.78, 5) is 11.2. The summed E-state index contributed by atoms with van der Waals surface area (Å²) < 4.78 is 4.94. The molecule has 2 aromatic rings. The number of nitro groups is 1. The number of nitriles is 1. The van der Waals surface area contributed by atoms with E-state index < -0.39 is 4.92 Å². The number of hydrogen-bond donors (Lipinski definition) is 1. The van der Waals surface area contributed by atoms with Crippen molar-refractivity contribution in [2.24, 2.45) is 5.73 Å². The summed E-state index contributed by atoms with van der Waals surface area (Å²) in [7, 11) is 1.35. The van der Waals surface area contributed by atoms with Crippen LogP contribution in [0.1, 0.15) is 10.4 Å². The maximum Gasteiger partial charge on any atom is 0.311 e. The first-order chi connectivity index (χ1) is 10.1. The lowest BCUT2D eigenvalue weighted by Gasteiger charge is -2.07. The van der Waals surface area contributed by atoms with Gasteiger partial charge >= 0.3 is 5.69 Å². The van der Waals surface area contributed by atoms with E-state index in [2.05, 4.69) is 0 Å². The van der Waals surface area contributed by atoms with E-state index >= 15 is 0 Å². The van der Waals surface area contributed by atoms with Crippen LogP contribution in [0.2, 0.25) is 0 Å². The number of rotatable bonds is 4. The van der Waals surface area contributed by atoms with Crippen LogP contribution >= 0.6 is 11.3 Å². The number of allylic oxidation sites excluding steroid dienone is 1. The molecule has 0 saturated heterocycles. The zero-order valence-electron chi connectivity index (χ0n) is 11.1. The Morgan fingerprint density at radius 2 is 2.24 bits per heavy atom. The molecule has 0 amide bonds. The summed E-state index contributed by atoms with van der Waals surface area (Å²) in [6, 6.07) is 9.98. The molecule has 0 bridgehead atoms. The SMILES string of the molecule is COc1ccc(/C(N)=C(/C#N)c2cccs2)cc1[N+](=O)[O-]. The highest BCUT2D eigenvalue weighted by Gasteiger charge is 2.18. The second kappa shape index (κ2) is 6.07. The number of nitrogens with two attached hydrogens (primary N) is 1. The van der Waals surface area contributed by atoms with Gasteiger partial charge in [0.2, 0.25) is 0 Å². The highest BCUT2D eigenvalue weighted by atomic mass is 32.1. The van der Waals surface area contributed by atoms with Gasteiger partial charge in [-0.05, 0) is 23.6 Å². The fourth-order valence-corrected chi connectivity index (χ4v) is 2.55. The van der Waals surface area contributed by atoms with Crippen LogP contribution in [0.3, 0.4) is 0 Å². The molecule has 106 valence electrons. The molecule has 0 aliphatic heterocycles. The van der Waals surface area contributed by atoms with E-state index in [1.807, 2.05) is 11.4 Å². The van der Waals surface area contributed by atoms with Crippen LogP contribution in [0.15, 0.2) is 35.7 Å². The van der Waals surface area contributed by atoms with Gasteiger partial charge < -0.3 is 10.5 Å². The molecule has 7 heteroatoms. The van der Waals surface area contributed by atoms with Crippen LogP contribution in [0, 0.1) is 21.4 Å². The molecule has 1 heterocycles. The first-order valence-electron chi connectivity index (χ1n) is 5.85. The van der Waals surface area contributed by atoms with Crippen LogP contribution in [0.5, 0.6) is 5.75 Å². The Balaban J connectivity index is 2.58. The van der Waals surface area contributed by atoms with Crippen molar-refractivity contribution in [2.45, 2.75) is 0 Å². The minimum absolute atomic E-state index is 0.145. The quantitative estimate of drug-likeness (QED) is 0.531. The summed E-state index contributed by atoms with van der Waals surface area (Å²) in [5, 5.41) is 22.1. The van der Waals surface area contributed by atoms with Crippen molar-refractivity contribution in [1.29, 1.82) is 5.26 Å². The number of benzene rings is 1. The lowest BCUT2D eigenvalue weighted by molar-refractivity contribution is -0.385. The maximum atomic E-state index is 11.0. The maximum absolute atomic E-state index is 11.0. The second-order valence-corrected chi connectivity index (χ2v) is 4.97. The van der Waals surface area contributed by atoms with E-state index in [0.29, 0.717) is 16.0 Å². The third kappa shape index (κ3) is 2.85. The lowest BCUT2D eigenvalue weighted by Crippen LogP contribution is -2.02. The molecule has 0 saturated carbocycles. The molecule has 0 aliphatic carbocycles. The molecule has 1 aromatic carbocycles. The first kappa shape index (κ1) is 14.6. The minimum Gasteiger partial charge on any atom is -0.490 e. The molecule has 0 radical (unpaired) electrons. The smallest absolute Gasteiger partial charge is 0.311 e. The van der Waals surface area contributed by atoms with Crippen molar-refractivity contribution in [3.05, 3.63) is 56.3 Å². The standard InChI is InChI=1S/C14H11N3O3S/c1-20-12-5-4-9(7-11(12)17(18)19)14(16)10(8-15)13-3-2-6-21-13/h2-7H,16H2,1H3/b14-10+. The van der Waals surface area contributed by atoms with Crippen LogP contribution < -0.4 is 10.5 Å². The first-order valence-corrected chi connectivity index (χ1v) is 6.73. The molecule has 0 unspecified atom stereocenters. The van der Waals surface area contributed by atoms with Gasteiger partial charge in [0, 0.05) is 16.5 Å². The van der Waals surface area contributed by atoms with E-state index in [9.17, 15) is 15.4 Å². The monoisotopic (exact) mass is 301 g/mol. The average molecular weight is 301 g/mol. The van der Waals surface area contributed by atoms with Gasteiger partial charge in [-0.3, -0.25) is 10.1 Å². The Morgan fingerprint density at radius 1 is 1.48 bits per heavy atom. The molecule has 6 nitrogen and oxygen atoms in total. The van der Waals surface area contributed by atoms with Crippen LogP contribution in [0.25, 0.3) is 11.3 Å². The Morgan fingerprint density at radius 3 is 2.76 bits per heavy atom. The molecular weight excluding hydrogens is 290 g/mol. The highest BCUT2D eigenvalue weighted by molar-refractivity contribution is 7.11. The van der Waals surface area contributed by atoms with E-state index in [-0.39, 0.29) is 17.1 Å². The van der Waals surface area contributed by atoms with Crippen LogP contribution in [0.4, 0.5) is 5.69 Å². The number of nitrogens with zero attached hydrogens (tertiary/aromatic N) is 2. The zero-order valence-corrected chi connectivity index (χ0v) is 11.9. The number of nitro benzene ring substituents is 1. The fraction of sp³-hybridized carbons (Fsp3) is 0.0714. The predicted octanol–water partition coefficient (Wildman–Crippen LogP) is 3.02. The topological polar surface area (TPSA) is 102 Å². The van der Waals surface area contributed by atoms with Crippen molar-refractivity contribution in [3.8, 4) is 11.8 Å². The molecule has 0 atom stereocenters. The number of hydrogen-bond acceptors (Lipinski definition) is 6. The molecule has 2 N–H and O–H groups in total. The van der Waals surface area contributed by atoms with Crippen LogP contribution in [-0.4, -0.2) is 12.0 Å². The Labute approximate surface area is 124 Å². The molecule has 1 aromatic heterocycles. The van der Waals surface area contributed by atoms with Crippen molar-refractivity contribution in [3.63, 3.8) is 0 Å². The Bertz CT molecular complexity index is 745. The normalized spacial score (nSPS) is 11.4. The summed E-state index contributed by atoms with van der Waals surface area (Å²) in [6.45, 7) is 0. The van der Waals surface area contributed by atoms with Crippen molar-refractivity contribution in [1.82, 2.24) is 0 Å². The van der Waals surface area contributed by atoms with E-state index in [1.165, 1.54) is 30.6 Å². The molecule has 2 rings (SSSR count). The summed E-state index contributed by atoms with van der Waals surface area (Å²) in [5.41, 5.74) is 6.71. The van der Waals surface area contributed by atoms with Gasteiger partial charge in [-0.25, -0.2) is 0 Å². The van der Waals surface area contributed by atoms with Crippen molar-refractivity contribution in [2.75, 3.05) is 7.11 Å². The molecule has 0 fully saturated rings. The predicted molar refractivity (Wildman–Crippen MR) is 80.6 cm³/mol. The van der Waals surface area contributed by atoms with Crippen molar-refractivity contribution < 1.29 is 9.66 Å². The number of methoxy groups -OCH3 is 1. The van der Waals surface area contributed by atoms with Gasteiger partial charge in [0.1, 0.15) is 6.07 Å². The van der Waals surface area contributed by atoms with E-state index in [1.54, 1.807) is 18.2 Å².